The molecule has 0 spiro atoms. The quantitative estimate of drug-likeness (QED) is 0.793. The van der Waals surface area contributed by atoms with E-state index in [2.05, 4.69) is 0 Å². The lowest BCUT2D eigenvalue weighted by Crippen LogP contribution is -2.13. The van der Waals surface area contributed by atoms with Gasteiger partial charge in [0.15, 0.2) is 0 Å². The zero-order valence-corrected chi connectivity index (χ0v) is 10.2. The summed E-state index contributed by atoms with van der Waals surface area (Å²) in [5.74, 6) is 0.775. The van der Waals surface area contributed by atoms with E-state index in [1.54, 1.807) is 24.1 Å². The van der Waals surface area contributed by atoms with Gasteiger partial charge in [0.25, 0.3) is 5.91 Å². The first kappa shape index (κ1) is 11.5. The summed E-state index contributed by atoms with van der Waals surface area (Å²) in [6.07, 6.45) is 3.51. The van der Waals surface area contributed by atoms with Crippen LogP contribution in [-0.2, 0) is 0 Å². The van der Waals surface area contributed by atoms with Crippen molar-refractivity contribution in [3.8, 4) is 5.75 Å². The molecule has 2 aromatic rings. The van der Waals surface area contributed by atoms with Crippen LogP contribution in [0.2, 0.25) is 0 Å². The molecular weight excluding hydrogens is 214 g/mol. The fourth-order valence-electron chi connectivity index (χ4n) is 1.98. The lowest BCUT2D eigenvalue weighted by atomic mass is 10.0. The number of hydrogen-bond acceptors (Lipinski definition) is 2. The van der Waals surface area contributed by atoms with E-state index in [4.69, 9.17) is 4.74 Å². The van der Waals surface area contributed by atoms with E-state index in [0.717, 1.165) is 22.4 Å². The first-order valence-corrected chi connectivity index (χ1v) is 5.46. The molecule has 3 heteroatoms. The van der Waals surface area contributed by atoms with Crippen LogP contribution in [0.4, 0.5) is 0 Å². The Morgan fingerprint density at radius 2 is 1.65 bits per heavy atom. The lowest BCUT2D eigenvalue weighted by Gasteiger charge is -2.11. The van der Waals surface area contributed by atoms with Crippen molar-refractivity contribution in [3.05, 3.63) is 53.3 Å². The molecule has 1 aromatic heterocycles. The molecule has 0 unspecified atom stereocenters. The number of ether oxygens (including phenoxy) is 1. The molecule has 0 fully saturated rings. The van der Waals surface area contributed by atoms with Crippen molar-refractivity contribution in [1.82, 2.24) is 4.57 Å². The van der Waals surface area contributed by atoms with Gasteiger partial charge in [-0.05, 0) is 49.2 Å². The number of carbonyl (C=O) groups excluding carboxylic acids is 1. The Hall–Kier alpha value is -2.03. The normalized spacial score (nSPS) is 10.3. The van der Waals surface area contributed by atoms with Gasteiger partial charge in [-0.3, -0.25) is 9.36 Å². The van der Waals surface area contributed by atoms with Crippen LogP contribution in [0.25, 0.3) is 0 Å². The summed E-state index contributed by atoms with van der Waals surface area (Å²) in [5.41, 5.74) is 2.60. The summed E-state index contributed by atoms with van der Waals surface area (Å²) >= 11 is 0. The highest BCUT2D eigenvalue weighted by Crippen LogP contribution is 2.22. The van der Waals surface area contributed by atoms with Crippen LogP contribution in [-0.4, -0.2) is 17.6 Å². The average molecular weight is 229 g/mol. The molecule has 17 heavy (non-hydrogen) atoms. The van der Waals surface area contributed by atoms with Crippen LogP contribution in [0.5, 0.6) is 5.75 Å². The van der Waals surface area contributed by atoms with Gasteiger partial charge in [-0.25, -0.2) is 0 Å². The Morgan fingerprint density at radius 1 is 1.12 bits per heavy atom. The molecule has 0 radical (unpaired) electrons. The Bertz CT molecular complexity index is 518. The smallest absolute Gasteiger partial charge is 0.262 e. The summed E-state index contributed by atoms with van der Waals surface area (Å²) in [6, 6.07) is 7.44. The van der Waals surface area contributed by atoms with Crippen LogP contribution >= 0.6 is 0 Å². The molecule has 0 amide bonds. The number of aryl methyl sites for hydroxylation is 2. The highest BCUT2D eigenvalue weighted by Gasteiger charge is 2.14. The topological polar surface area (TPSA) is 31.2 Å². The highest BCUT2D eigenvalue weighted by molar-refractivity contribution is 5.98. The molecular formula is C14H15NO2. The Balaban J connectivity index is 2.49. The van der Waals surface area contributed by atoms with Gasteiger partial charge < -0.3 is 4.74 Å². The maximum absolute atomic E-state index is 12.3. The van der Waals surface area contributed by atoms with Gasteiger partial charge >= 0.3 is 0 Å². The third kappa shape index (κ3) is 2.09. The molecule has 3 nitrogen and oxygen atoms in total. The first-order valence-electron chi connectivity index (χ1n) is 5.46. The van der Waals surface area contributed by atoms with Crippen molar-refractivity contribution in [2.45, 2.75) is 13.8 Å². The maximum Gasteiger partial charge on any atom is 0.262 e. The second kappa shape index (κ2) is 4.45. The molecule has 0 aliphatic rings. The van der Waals surface area contributed by atoms with Crippen molar-refractivity contribution in [1.29, 1.82) is 0 Å². The largest absolute Gasteiger partial charge is 0.497 e. The van der Waals surface area contributed by atoms with E-state index in [-0.39, 0.29) is 5.91 Å². The van der Waals surface area contributed by atoms with Gasteiger partial charge in [0.1, 0.15) is 5.75 Å². The Labute approximate surface area is 101 Å². The zero-order chi connectivity index (χ0) is 12.4. The molecule has 0 aliphatic heterocycles. The van der Waals surface area contributed by atoms with Crippen LogP contribution in [0.15, 0.2) is 36.7 Å². The molecule has 0 bridgehead atoms. The summed E-state index contributed by atoms with van der Waals surface area (Å²) < 4.78 is 6.77. The summed E-state index contributed by atoms with van der Waals surface area (Å²) in [6.45, 7) is 3.85. The molecule has 2 rings (SSSR count). The SMILES string of the molecule is COc1cc(C)c(C(=O)n2cccc2)c(C)c1. The Kier molecular flexibility index (Phi) is 3.00. The minimum Gasteiger partial charge on any atom is -0.497 e. The van der Waals surface area contributed by atoms with E-state index in [1.165, 1.54) is 0 Å². The van der Waals surface area contributed by atoms with Crippen molar-refractivity contribution in [2.75, 3.05) is 7.11 Å². The fraction of sp³-hybridized carbons (Fsp3) is 0.214. The van der Waals surface area contributed by atoms with Crippen LogP contribution in [0, 0.1) is 13.8 Å². The van der Waals surface area contributed by atoms with E-state index >= 15 is 0 Å². The van der Waals surface area contributed by atoms with Crippen molar-refractivity contribution < 1.29 is 9.53 Å². The number of hydrogen-bond donors (Lipinski definition) is 0. The van der Waals surface area contributed by atoms with Gasteiger partial charge in [0, 0.05) is 18.0 Å². The second-order valence-electron chi connectivity index (χ2n) is 4.03. The molecule has 0 atom stereocenters. The summed E-state index contributed by atoms with van der Waals surface area (Å²) in [7, 11) is 1.63. The van der Waals surface area contributed by atoms with Crippen molar-refractivity contribution in [2.24, 2.45) is 0 Å². The van der Waals surface area contributed by atoms with Crippen LogP contribution in [0.1, 0.15) is 21.5 Å². The van der Waals surface area contributed by atoms with Crippen molar-refractivity contribution in [3.63, 3.8) is 0 Å². The number of carbonyl (C=O) groups is 1. The van der Waals surface area contributed by atoms with Crippen LogP contribution < -0.4 is 4.74 Å². The second-order valence-corrected chi connectivity index (χ2v) is 4.03. The number of benzene rings is 1. The zero-order valence-electron chi connectivity index (χ0n) is 10.2. The van der Waals surface area contributed by atoms with Gasteiger partial charge in [0.2, 0.25) is 0 Å². The van der Waals surface area contributed by atoms with Gasteiger partial charge in [0.05, 0.1) is 7.11 Å². The molecule has 1 aromatic carbocycles. The number of aromatic nitrogens is 1. The number of nitrogens with zero attached hydrogens (tertiary/aromatic N) is 1. The standard InChI is InChI=1S/C14H15NO2/c1-10-8-12(17-3)9-11(2)13(10)14(16)15-6-4-5-7-15/h4-9H,1-3H3. The van der Waals surface area contributed by atoms with Crippen molar-refractivity contribution >= 4 is 5.91 Å². The van der Waals surface area contributed by atoms with Gasteiger partial charge in [-0.2, -0.15) is 0 Å². The minimum absolute atomic E-state index is 0.00680. The predicted molar refractivity (Wildman–Crippen MR) is 66.6 cm³/mol. The van der Waals surface area contributed by atoms with Crippen LogP contribution in [0.3, 0.4) is 0 Å². The number of methoxy groups -OCH3 is 1. The molecule has 0 saturated carbocycles. The molecule has 0 N–H and O–H groups in total. The third-order valence-electron chi connectivity index (χ3n) is 2.79. The lowest BCUT2D eigenvalue weighted by molar-refractivity contribution is 0.0959. The van der Waals surface area contributed by atoms with E-state index in [1.807, 2.05) is 38.1 Å². The Morgan fingerprint density at radius 3 is 2.12 bits per heavy atom. The summed E-state index contributed by atoms with van der Waals surface area (Å²) in [4.78, 5) is 12.3. The maximum atomic E-state index is 12.3. The van der Waals surface area contributed by atoms with E-state index < -0.39 is 0 Å². The third-order valence-corrected chi connectivity index (χ3v) is 2.79. The molecule has 1 heterocycles. The monoisotopic (exact) mass is 229 g/mol. The highest BCUT2D eigenvalue weighted by atomic mass is 16.5. The summed E-state index contributed by atoms with van der Waals surface area (Å²) in [5, 5.41) is 0. The predicted octanol–water partition coefficient (Wildman–Crippen LogP) is 2.80. The van der Waals surface area contributed by atoms with Gasteiger partial charge in [-0.15, -0.1) is 0 Å². The van der Waals surface area contributed by atoms with E-state index in [0.29, 0.717) is 0 Å². The van der Waals surface area contributed by atoms with E-state index in [9.17, 15) is 4.79 Å². The first-order chi connectivity index (χ1) is 8.13. The molecule has 0 aliphatic carbocycles. The molecule has 0 saturated heterocycles. The fourth-order valence-corrected chi connectivity index (χ4v) is 1.98. The van der Waals surface area contributed by atoms with Gasteiger partial charge in [-0.1, -0.05) is 0 Å². The molecule has 88 valence electrons. The average Bonchev–Trinajstić information content (AvgIpc) is 2.81. The minimum atomic E-state index is -0.00680. The number of rotatable bonds is 2.